The van der Waals surface area contributed by atoms with Crippen molar-refractivity contribution < 1.29 is 0 Å². The van der Waals surface area contributed by atoms with Crippen LogP contribution in [0.2, 0.25) is 0 Å². The number of fused-ring (bicyclic) bond motifs is 1. The number of nitrogens with zero attached hydrogens (tertiary/aromatic N) is 4. The molecule has 0 fully saturated rings. The number of anilines is 2. The number of benzene rings is 1. The third-order valence-electron chi connectivity index (χ3n) is 2.73. The maximum Gasteiger partial charge on any atom is 0.137 e. The number of rotatable bonds is 3. The van der Waals surface area contributed by atoms with Gasteiger partial charge in [-0.15, -0.1) is 0 Å². The third-order valence-corrected chi connectivity index (χ3v) is 2.73. The molecule has 0 saturated heterocycles. The van der Waals surface area contributed by atoms with Crippen molar-refractivity contribution in [2.45, 2.75) is 6.54 Å². The summed E-state index contributed by atoms with van der Waals surface area (Å²) in [6.07, 6.45) is 3.16. The normalized spacial score (nSPS) is 10.5. The lowest BCUT2D eigenvalue weighted by Crippen LogP contribution is -2.04. The minimum atomic E-state index is 0.560. The van der Waals surface area contributed by atoms with E-state index in [0.29, 0.717) is 12.2 Å². The minimum absolute atomic E-state index is 0.560. The maximum absolute atomic E-state index is 5.74. The molecule has 3 N–H and O–H groups in total. The Kier molecular flexibility index (Phi) is 2.89. The van der Waals surface area contributed by atoms with Gasteiger partial charge in [-0.05, 0) is 30.3 Å². The monoisotopic (exact) mass is 252 g/mol. The smallest absolute Gasteiger partial charge is 0.137 e. The zero-order valence-corrected chi connectivity index (χ0v) is 10.1. The van der Waals surface area contributed by atoms with Gasteiger partial charge in [-0.25, -0.2) is 9.97 Å². The summed E-state index contributed by atoms with van der Waals surface area (Å²) in [5, 5.41) is 12.0. The molecule has 2 aromatic heterocycles. The Morgan fingerprint density at radius 1 is 1.16 bits per heavy atom. The van der Waals surface area contributed by atoms with E-state index in [4.69, 9.17) is 5.73 Å². The van der Waals surface area contributed by atoms with Crippen molar-refractivity contribution in [3.63, 3.8) is 0 Å². The molecule has 0 atom stereocenters. The molecule has 6 nitrogen and oxygen atoms in total. The molecular formula is C13H12N6. The Labute approximate surface area is 109 Å². The molecule has 0 bridgehead atoms. The highest BCUT2D eigenvalue weighted by Crippen LogP contribution is 2.21. The zero-order chi connectivity index (χ0) is 13.1. The Bertz CT molecular complexity index is 698. The summed E-state index contributed by atoms with van der Waals surface area (Å²) >= 11 is 0. The first kappa shape index (κ1) is 11.3. The molecule has 0 aliphatic carbocycles. The largest absolute Gasteiger partial charge is 0.399 e. The lowest BCUT2D eigenvalue weighted by Gasteiger charge is -2.07. The Balaban J connectivity index is 1.89. The molecule has 0 radical (unpaired) electrons. The molecule has 0 aliphatic heterocycles. The number of nitrogen functional groups attached to an aromatic ring is 1. The van der Waals surface area contributed by atoms with Gasteiger partial charge in [0, 0.05) is 17.3 Å². The first-order chi connectivity index (χ1) is 9.33. The molecule has 0 unspecified atom stereocenters. The summed E-state index contributed by atoms with van der Waals surface area (Å²) in [7, 11) is 0. The summed E-state index contributed by atoms with van der Waals surface area (Å²) in [6.45, 7) is 0.560. The summed E-state index contributed by atoms with van der Waals surface area (Å²) in [5.74, 6) is 0.760. The van der Waals surface area contributed by atoms with Crippen LogP contribution in [0.5, 0.6) is 0 Å². The average molecular weight is 252 g/mol. The van der Waals surface area contributed by atoms with E-state index in [-0.39, 0.29) is 0 Å². The SMILES string of the molecule is Nc1ccc2c(NCc3cccnn3)ncnc2c1. The number of nitrogens with two attached hydrogens (primary N) is 1. The molecule has 1 aromatic carbocycles. The minimum Gasteiger partial charge on any atom is -0.399 e. The van der Waals surface area contributed by atoms with Crippen molar-refractivity contribution in [3.8, 4) is 0 Å². The highest BCUT2D eigenvalue weighted by Gasteiger charge is 2.04. The molecule has 6 heteroatoms. The van der Waals surface area contributed by atoms with Crippen LogP contribution in [0.15, 0.2) is 42.9 Å². The molecule has 94 valence electrons. The number of nitrogens with one attached hydrogen (secondary N) is 1. The summed E-state index contributed by atoms with van der Waals surface area (Å²) in [4.78, 5) is 8.44. The van der Waals surface area contributed by atoms with Crippen LogP contribution in [0.4, 0.5) is 11.5 Å². The second-order valence-corrected chi connectivity index (χ2v) is 4.07. The predicted molar refractivity (Wildman–Crippen MR) is 73.3 cm³/mol. The average Bonchev–Trinajstić information content (AvgIpc) is 2.45. The second-order valence-electron chi connectivity index (χ2n) is 4.07. The fraction of sp³-hybridized carbons (Fsp3) is 0.0769. The van der Waals surface area contributed by atoms with Gasteiger partial charge in [0.05, 0.1) is 17.8 Å². The Morgan fingerprint density at radius 2 is 2.11 bits per heavy atom. The van der Waals surface area contributed by atoms with E-state index in [1.165, 1.54) is 6.33 Å². The summed E-state index contributed by atoms with van der Waals surface area (Å²) in [6, 6.07) is 9.32. The first-order valence-electron chi connectivity index (χ1n) is 5.83. The van der Waals surface area contributed by atoms with Crippen molar-refractivity contribution in [2.75, 3.05) is 11.1 Å². The van der Waals surface area contributed by atoms with Crippen LogP contribution >= 0.6 is 0 Å². The number of hydrogen-bond donors (Lipinski definition) is 2. The van der Waals surface area contributed by atoms with Crippen molar-refractivity contribution >= 4 is 22.4 Å². The molecule has 19 heavy (non-hydrogen) atoms. The maximum atomic E-state index is 5.74. The van der Waals surface area contributed by atoms with Crippen LogP contribution in [0.25, 0.3) is 10.9 Å². The molecule has 0 spiro atoms. The third kappa shape index (κ3) is 2.42. The van der Waals surface area contributed by atoms with E-state index >= 15 is 0 Å². The van der Waals surface area contributed by atoms with Crippen molar-refractivity contribution in [1.82, 2.24) is 20.2 Å². The standard InChI is InChI=1S/C13H12N6/c14-9-3-4-11-12(6-9)16-8-17-13(11)15-7-10-2-1-5-18-19-10/h1-6,8H,7,14H2,(H,15,16,17). The van der Waals surface area contributed by atoms with Crippen LogP contribution in [0.3, 0.4) is 0 Å². The lowest BCUT2D eigenvalue weighted by molar-refractivity contribution is 0.921. The van der Waals surface area contributed by atoms with Gasteiger partial charge in [0.1, 0.15) is 12.1 Å². The molecule has 3 aromatic rings. The first-order valence-corrected chi connectivity index (χ1v) is 5.83. The van der Waals surface area contributed by atoms with E-state index in [1.54, 1.807) is 6.20 Å². The highest BCUT2D eigenvalue weighted by atomic mass is 15.1. The quantitative estimate of drug-likeness (QED) is 0.688. The van der Waals surface area contributed by atoms with Crippen molar-refractivity contribution in [1.29, 1.82) is 0 Å². The van der Waals surface area contributed by atoms with E-state index in [0.717, 1.165) is 22.4 Å². The van der Waals surface area contributed by atoms with Crippen LogP contribution in [0, 0.1) is 0 Å². The zero-order valence-electron chi connectivity index (χ0n) is 10.1. The summed E-state index contributed by atoms with van der Waals surface area (Å²) < 4.78 is 0. The molecular weight excluding hydrogens is 240 g/mol. The predicted octanol–water partition coefficient (Wildman–Crippen LogP) is 1.61. The topological polar surface area (TPSA) is 89.6 Å². The van der Waals surface area contributed by atoms with Gasteiger partial charge in [-0.3, -0.25) is 0 Å². The summed E-state index contributed by atoms with van der Waals surface area (Å²) in [5.41, 5.74) is 8.09. The molecule has 0 aliphatic rings. The van der Waals surface area contributed by atoms with Gasteiger partial charge in [-0.1, -0.05) is 0 Å². The van der Waals surface area contributed by atoms with E-state index < -0.39 is 0 Å². The van der Waals surface area contributed by atoms with Gasteiger partial charge in [0.15, 0.2) is 0 Å². The molecule has 3 rings (SSSR count). The van der Waals surface area contributed by atoms with Gasteiger partial charge in [-0.2, -0.15) is 10.2 Å². The molecule has 0 amide bonds. The van der Waals surface area contributed by atoms with Gasteiger partial charge in [0.2, 0.25) is 0 Å². The van der Waals surface area contributed by atoms with E-state index in [2.05, 4.69) is 25.5 Å². The van der Waals surface area contributed by atoms with E-state index in [9.17, 15) is 0 Å². The van der Waals surface area contributed by atoms with Crippen molar-refractivity contribution in [2.24, 2.45) is 0 Å². The van der Waals surface area contributed by atoms with Crippen LogP contribution in [0.1, 0.15) is 5.69 Å². The molecule has 0 saturated carbocycles. The van der Waals surface area contributed by atoms with E-state index in [1.807, 2.05) is 30.3 Å². The number of hydrogen-bond acceptors (Lipinski definition) is 6. The lowest BCUT2D eigenvalue weighted by atomic mass is 10.2. The van der Waals surface area contributed by atoms with Gasteiger partial charge < -0.3 is 11.1 Å². The van der Waals surface area contributed by atoms with Gasteiger partial charge >= 0.3 is 0 Å². The van der Waals surface area contributed by atoms with Crippen LogP contribution in [-0.4, -0.2) is 20.2 Å². The Hall–Kier alpha value is -2.76. The fourth-order valence-electron chi connectivity index (χ4n) is 1.82. The van der Waals surface area contributed by atoms with Gasteiger partial charge in [0.25, 0.3) is 0 Å². The van der Waals surface area contributed by atoms with Crippen molar-refractivity contribution in [3.05, 3.63) is 48.5 Å². The Morgan fingerprint density at radius 3 is 2.95 bits per heavy atom. The van der Waals surface area contributed by atoms with Crippen LogP contribution < -0.4 is 11.1 Å². The number of aromatic nitrogens is 4. The fourth-order valence-corrected chi connectivity index (χ4v) is 1.82. The second kappa shape index (κ2) is 4.85. The molecule has 2 heterocycles. The highest BCUT2D eigenvalue weighted by molar-refractivity contribution is 5.90. The van der Waals surface area contributed by atoms with Crippen LogP contribution in [-0.2, 0) is 6.54 Å².